The van der Waals surface area contributed by atoms with Gasteiger partial charge in [0.2, 0.25) is 0 Å². The summed E-state index contributed by atoms with van der Waals surface area (Å²) in [5.74, 6) is 0. The van der Waals surface area contributed by atoms with Gasteiger partial charge in [-0.05, 0) is 0 Å². The van der Waals surface area contributed by atoms with Crippen LogP contribution in [0.2, 0.25) is 0 Å². The van der Waals surface area contributed by atoms with Crippen LogP contribution in [0.15, 0.2) is 0 Å². The van der Waals surface area contributed by atoms with Crippen molar-refractivity contribution in [3.05, 3.63) is 0 Å². The third-order valence-corrected chi connectivity index (χ3v) is 0. The Hall–Kier alpha value is 3.59. The van der Waals surface area contributed by atoms with Crippen molar-refractivity contribution < 1.29 is 137 Å². The molecule has 60 valence electrons. The Bertz CT molecular complexity index is 9.65. The van der Waals surface area contributed by atoms with Crippen molar-refractivity contribution in [1.82, 2.24) is 0 Å². The van der Waals surface area contributed by atoms with Crippen LogP contribution in [-0.4, -0.2) is 21.9 Å². The van der Waals surface area contributed by atoms with Crippen molar-refractivity contribution in [2.75, 3.05) is 0 Å². The fourth-order valence-electron chi connectivity index (χ4n) is 0. The van der Waals surface area contributed by atoms with E-state index in [1.807, 2.05) is 0 Å². The van der Waals surface area contributed by atoms with Crippen LogP contribution in [0.5, 0.6) is 0 Å². The molecule has 0 saturated heterocycles. The molecule has 0 aliphatic carbocycles. The molecule has 0 aromatic rings. The first-order chi connectivity index (χ1) is 0. The zero-order chi connectivity index (χ0) is 0. The van der Waals surface area contributed by atoms with Crippen molar-refractivity contribution in [3.63, 3.8) is 0 Å². The van der Waals surface area contributed by atoms with Crippen molar-refractivity contribution in [1.29, 1.82) is 0 Å². The Kier molecular flexibility index (Phi) is 592. The SMILES string of the molecule is [OH-].[OH-].[OH-].[OH-].[Ti].[Yb+2].[Yb+2]. The van der Waals surface area contributed by atoms with E-state index in [0.717, 1.165) is 0 Å². The fourth-order valence-corrected chi connectivity index (χ4v) is 0. The molecule has 0 aromatic heterocycles. The second-order valence-corrected chi connectivity index (χ2v) is 0. The number of hydrogen-bond donors (Lipinski definition) is 0. The average Bonchev–Trinajstić information content (AvgIpc) is 0. The maximum Gasteiger partial charge on any atom is 2.00 e. The molecule has 0 saturated carbocycles. The molecule has 7 heteroatoms. The van der Waals surface area contributed by atoms with E-state index in [9.17, 15) is 0 Å². The van der Waals surface area contributed by atoms with E-state index in [2.05, 4.69) is 0 Å². The zero-order valence-electron chi connectivity index (χ0n) is 2.82. The van der Waals surface area contributed by atoms with Crippen molar-refractivity contribution >= 4 is 0 Å². The Labute approximate surface area is 134 Å². The number of hydrogen-bond acceptors (Lipinski definition) is 4. The molecule has 0 bridgehead atoms. The van der Waals surface area contributed by atoms with E-state index in [-0.39, 0.29) is 137 Å². The van der Waals surface area contributed by atoms with E-state index >= 15 is 0 Å². The predicted octanol–water partition coefficient (Wildman–Crippen LogP) is -0.710. The normalized spacial score (nSPS) is 0. The second kappa shape index (κ2) is 54.9. The van der Waals surface area contributed by atoms with Gasteiger partial charge in [0.25, 0.3) is 0 Å². The van der Waals surface area contributed by atoms with Gasteiger partial charge in [-0.15, -0.1) is 0 Å². The van der Waals surface area contributed by atoms with Gasteiger partial charge in [0.15, 0.2) is 0 Å². The summed E-state index contributed by atoms with van der Waals surface area (Å²) in [6.45, 7) is 0. The molecule has 0 radical (unpaired) electrons. The Morgan fingerprint density at radius 1 is 0.429 bits per heavy atom. The largest absolute Gasteiger partial charge is 2.00 e. The fraction of sp³-hybridized carbons (Fsp3) is 0. The molecule has 4 nitrogen and oxygen atoms in total. The molecule has 0 atom stereocenters. The summed E-state index contributed by atoms with van der Waals surface area (Å²) < 4.78 is 0. The van der Waals surface area contributed by atoms with Gasteiger partial charge in [0.1, 0.15) is 0 Å². The monoisotopic (exact) mass is 464 g/mol. The first-order valence-electron chi connectivity index (χ1n) is 0. The molecule has 0 aromatic carbocycles. The molecule has 0 spiro atoms. The van der Waals surface area contributed by atoms with Gasteiger partial charge in [-0.2, -0.15) is 0 Å². The summed E-state index contributed by atoms with van der Waals surface area (Å²) in [4.78, 5) is 0. The van der Waals surface area contributed by atoms with Crippen molar-refractivity contribution in [2.24, 2.45) is 0 Å². The van der Waals surface area contributed by atoms with Crippen molar-refractivity contribution in [2.45, 2.75) is 0 Å². The van der Waals surface area contributed by atoms with Gasteiger partial charge in [0, 0.05) is 21.7 Å². The Balaban J connectivity index is 0. The quantitative estimate of drug-likeness (QED) is 0.442. The number of rotatable bonds is 0. The Morgan fingerprint density at radius 2 is 0.429 bits per heavy atom. The van der Waals surface area contributed by atoms with Crippen molar-refractivity contribution in [3.8, 4) is 0 Å². The smallest absolute Gasteiger partial charge is 0.870 e. The summed E-state index contributed by atoms with van der Waals surface area (Å²) >= 11 is 0. The van der Waals surface area contributed by atoms with Crippen LogP contribution in [0.25, 0.3) is 0 Å². The van der Waals surface area contributed by atoms with Crippen LogP contribution in [0.4, 0.5) is 0 Å². The summed E-state index contributed by atoms with van der Waals surface area (Å²) in [6.07, 6.45) is 0. The molecule has 7 heavy (non-hydrogen) atoms. The minimum absolute atomic E-state index is 0. The molecule has 0 fully saturated rings. The maximum absolute atomic E-state index is 0. The van der Waals surface area contributed by atoms with Crippen LogP contribution in [0, 0.1) is 93.8 Å². The molecule has 0 aliphatic heterocycles. The van der Waals surface area contributed by atoms with E-state index in [4.69, 9.17) is 0 Å². The second-order valence-electron chi connectivity index (χ2n) is 0. The first kappa shape index (κ1) is 75.5. The third-order valence-electron chi connectivity index (χ3n) is 0. The first-order valence-corrected chi connectivity index (χ1v) is 0. The molecular weight excluding hydrogens is 458 g/mol. The minimum atomic E-state index is 0. The van der Waals surface area contributed by atoms with E-state index in [1.165, 1.54) is 0 Å². The molecule has 4 N–H and O–H groups in total. The van der Waals surface area contributed by atoms with Crippen LogP contribution >= 0.6 is 0 Å². The van der Waals surface area contributed by atoms with E-state index in [1.54, 1.807) is 0 Å². The van der Waals surface area contributed by atoms with Gasteiger partial charge in [0.05, 0.1) is 0 Å². The van der Waals surface area contributed by atoms with Gasteiger partial charge in [-0.25, -0.2) is 0 Å². The summed E-state index contributed by atoms with van der Waals surface area (Å²) in [6, 6.07) is 0. The van der Waals surface area contributed by atoms with Crippen LogP contribution in [-0.2, 0) is 21.7 Å². The summed E-state index contributed by atoms with van der Waals surface area (Å²) in [5, 5.41) is 0. The van der Waals surface area contributed by atoms with Gasteiger partial charge in [-0.1, -0.05) is 0 Å². The summed E-state index contributed by atoms with van der Waals surface area (Å²) in [7, 11) is 0. The van der Waals surface area contributed by atoms with Crippen LogP contribution in [0.1, 0.15) is 0 Å². The van der Waals surface area contributed by atoms with E-state index in [0.29, 0.717) is 0 Å². The molecule has 0 aliphatic rings. The average molecular weight is 462 g/mol. The molecule has 0 rings (SSSR count). The molecule has 0 amide bonds. The Morgan fingerprint density at radius 3 is 0.429 bits per heavy atom. The van der Waals surface area contributed by atoms with Crippen LogP contribution in [0.3, 0.4) is 0 Å². The van der Waals surface area contributed by atoms with Gasteiger partial charge < -0.3 is 21.9 Å². The minimum Gasteiger partial charge on any atom is -0.870 e. The van der Waals surface area contributed by atoms with Crippen LogP contribution < -0.4 is 0 Å². The topological polar surface area (TPSA) is 120 Å². The molecule has 0 unspecified atom stereocenters. The maximum atomic E-state index is 0. The van der Waals surface area contributed by atoms with Gasteiger partial charge in [-0.3, -0.25) is 0 Å². The predicted molar refractivity (Wildman–Crippen MR) is 7.74 cm³/mol. The third kappa shape index (κ3) is 42.8. The standard InChI is InChI=1S/4H2O.Ti.2Yb/h4*1H2;;;/q;;;;;2*+2/p-4. The molecule has 0 heterocycles. The van der Waals surface area contributed by atoms with Gasteiger partial charge >= 0.3 is 93.8 Å². The molecular formula is H4O4TiYb2. The zero-order valence-corrected chi connectivity index (χ0v) is 7.81. The summed E-state index contributed by atoms with van der Waals surface area (Å²) in [5.41, 5.74) is 0. The van der Waals surface area contributed by atoms with E-state index < -0.39 is 0 Å².